The number of alkyl halides is 2. The number of carbonyl (C=O) groups is 1. The van der Waals surface area contributed by atoms with Gasteiger partial charge in [0.15, 0.2) is 0 Å². The van der Waals surface area contributed by atoms with E-state index < -0.39 is 6.61 Å². The molecule has 1 saturated heterocycles. The van der Waals surface area contributed by atoms with Crippen LogP contribution in [0, 0.1) is 0 Å². The minimum atomic E-state index is -2.94. The second-order valence-corrected chi connectivity index (χ2v) is 4.37. The Morgan fingerprint density at radius 1 is 1.30 bits per heavy atom. The summed E-state index contributed by atoms with van der Waals surface area (Å²) in [5.41, 5.74) is 0.140. The minimum Gasteiger partial charge on any atom is -0.434 e. The van der Waals surface area contributed by atoms with Crippen LogP contribution >= 0.6 is 12.4 Å². The van der Waals surface area contributed by atoms with Crippen LogP contribution in [-0.4, -0.2) is 31.7 Å². The molecule has 1 aromatic carbocycles. The van der Waals surface area contributed by atoms with Gasteiger partial charge < -0.3 is 15.4 Å². The van der Waals surface area contributed by atoms with Crippen LogP contribution in [0.2, 0.25) is 0 Å². The van der Waals surface area contributed by atoms with Gasteiger partial charge in [-0.15, -0.1) is 12.4 Å². The van der Waals surface area contributed by atoms with E-state index in [-0.39, 0.29) is 35.7 Å². The van der Waals surface area contributed by atoms with Crippen LogP contribution in [0.1, 0.15) is 23.2 Å². The fourth-order valence-electron chi connectivity index (χ4n) is 2.08. The van der Waals surface area contributed by atoms with E-state index in [1.54, 1.807) is 12.1 Å². The maximum Gasteiger partial charge on any atom is 0.387 e. The van der Waals surface area contributed by atoms with Crippen molar-refractivity contribution in [2.75, 3.05) is 13.1 Å². The summed E-state index contributed by atoms with van der Waals surface area (Å²) in [6, 6.07) is 6.10. The van der Waals surface area contributed by atoms with E-state index in [0.29, 0.717) is 0 Å². The van der Waals surface area contributed by atoms with Gasteiger partial charge in [0.05, 0.1) is 5.56 Å². The maximum atomic E-state index is 12.3. The highest BCUT2D eigenvalue weighted by atomic mass is 35.5. The van der Waals surface area contributed by atoms with Crippen LogP contribution in [-0.2, 0) is 0 Å². The van der Waals surface area contributed by atoms with Gasteiger partial charge >= 0.3 is 6.61 Å². The molecule has 2 rings (SSSR count). The molecular weight excluding hydrogens is 290 g/mol. The van der Waals surface area contributed by atoms with Gasteiger partial charge in [0.25, 0.3) is 5.91 Å². The highest BCUT2D eigenvalue weighted by Crippen LogP contribution is 2.20. The second kappa shape index (κ2) is 8.01. The molecule has 0 atom stereocenters. The molecule has 0 radical (unpaired) electrons. The largest absolute Gasteiger partial charge is 0.434 e. The van der Waals surface area contributed by atoms with Gasteiger partial charge in [-0.3, -0.25) is 4.79 Å². The molecule has 0 unspecified atom stereocenters. The number of ether oxygens (including phenoxy) is 1. The Balaban J connectivity index is 0.00000200. The molecule has 0 bridgehead atoms. The SMILES string of the molecule is Cl.O=C(NC1CCNCC1)c1ccccc1OC(F)F. The van der Waals surface area contributed by atoms with Gasteiger partial charge in [-0.1, -0.05) is 12.1 Å². The summed E-state index contributed by atoms with van der Waals surface area (Å²) in [6.07, 6.45) is 1.67. The number of carbonyl (C=O) groups excluding carboxylic acids is 1. The van der Waals surface area contributed by atoms with Gasteiger partial charge in [0, 0.05) is 6.04 Å². The predicted octanol–water partition coefficient (Wildman–Crippen LogP) is 2.19. The lowest BCUT2D eigenvalue weighted by atomic mass is 10.1. The summed E-state index contributed by atoms with van der Waals surface area (Å²) < 4.78 is 28.9. The number of para-hydroxylation sites is 1. The molecule has 0 aliphatic carbocycles. The Kier molecular flexibility index (Phi) is 6.67. The Bertz CT molecular complexity index is 440. The molecule has 1 aliphatic heterocycles. The first-order valence-electron chi connectivity index (χ1n) is 6.22. The number of hydrogen-bond donors (Lipinski definition) is 2. The molecule has 20 heavy (non-hydrogen) atoms. The predicted molar refractivity (Wildman–Crippen MR) is 73.7 cm³/mol. The maximum absolute atomic E-state index is 12.3. The second-order valence-electron chi connectivity index (χ2n) is 4.37. The smallest absolute Gasteiger partial charge is 0.387 e. The summed E-state index contributed by atoms with van der Waals surface area (Å²) in [5, 5.41) is 6.04. The Morgan fingerprint density at radius 2 is 1.95 bits per heavy atom. The van der Waals surface area contributed by atoms with Crippen LogP contribution in [0.4, 0.5) is 8.78 Å². The molecule has 112 valence electrons. The van der Waals surface area contributed by atoms with Gasteiger partial charge in [0.2, 0.25) is 0 Å². The number of amides is 1. The van der Waals surface area contributed by atoms with E-state index >= 15 is 0 Å². The Hall–Kier alpha value is -1.40. The van der Waals surface area contributed by atoms with Crippen molar-refractivity contribution in [3.8, 4) is 5.75 Å². The van der Waals surface area contributed by atoms with Crippen molar-refractivity contribution in [1.82, 2.24) is 10.6 Å². The number of nitrogens with one attached hydrogen (secondary N) is 2. The molecule has 7 heteroatoms. The number of benzene rings is 1. The van der Waals surface area contributed by atoms with Crippen molar-refractivity contribution in [3.63, 3.8) is 0 Å². The Labute approximate surface area is 122 Å². The summed E-state index contributed by atoms with van der Waals surface area (Å²) in [4.78, 5) is 12.1. The van der Waals surface area contributed by atoms with E-state index in [1.807, 2.05) is 0 Å². The molecule has 1 fully saturated rings. The lowest BCUT2D eigenvalue weighted by molar-refractivity contribution is -0.0501. The average Bonchev–Trinajstić information content (AvgIpc) is 2.39. The zero-order chi connectivity index (χ0) is 13.7. The van der Waals surface area contributed by atoms with E-state index in [9.17, 15) is 13.6 Å². The highest BCUT2D eigenvalue weighted by Gasteiger charge is 2.19. The van der Waals surface area contributed by atoms with Gasteiger partial charge in [-0.25, -0.2) is 0 Å². The topological polar surface area (TPSA) is 50.4 Å². The first kappa shape index (κ1) is 16.7. The molecule has 0 aromatic heterocycles. The minimum absolute atomic E-state index is 0. The number of piperidine rings is 1. The van der Waals surface area contributed by atoms with Crippen LogP contribution in [0.15, 0.2) is 24.3 Å². The normalized spacial score (nSPS) is 15.6. The quantitative estimate of drug-likeness (QED) is 0.896. The number of hydrogen-bond acceptors (Lipinski definition) is 3. The fourth-order valence-corrected chi connectivity index (χ4v) is 2.08. The van der Waals surface area contributed by atoms with Crippen LogP contribution in [0.3, 0.4) is 0 Å². The third-order valence-electron chi connectivity index (χ3n) is 3.02. The van der Waals surface area contributed by atoms with Gasteiger partial charge in [-0.05, 0) is 38.1 Å². The molecule has 1 aromatic rings. The number of halogens is 3. The van der Waals surface area contributed by atoms with E-state index in [2.05, 4.69) is 15.4 Å². The third kappa shape index (κ3) is 4.61. The summed E-state index contributed by atoms with van der Waals surface area (Å²) in [5.74, 6) is -0.466. The molecule has 0 saturated carbocycles. The van der Waals surface area contributed by atoms with Gasteiger partial charge in [0.1, 0.15) is 5.75 Å². The van der Waals surface area contributed by atoms with Crippen LogP contribution in [0.5, 0.6) is 5.75 Å². The first-order chi connectivity index (χ1) is 9.16. The Morgan fingerprint density at radius 3 is 2.60 bits per heavy atom. The lowest BCUT2D eigenvalue weighted by Gasteiger charge is -2.24. The summed E-state index contributed by atoms with van der Waals surface area (Å²) in [6.45, 7) is -1.24. The molecular formula is C13H17ClF2N2O2. The lowest BCUT2D eigenvalue weighted by Crippen LogP contribution is -2.42. The highest BCUT2D eigenvalue weighted by molar-refractivity contribution is 5.97. The third-order valence-corrected chi connectivity index (χ3v) is 3.02. The summed E-state index contributed by atoms with van der Waals surface area (Å²) >= 11 is 0. The monoisotopic (exact) mass is 306 g/mol. The van der Waals surface area contributed by atoms with Crippen LogP contribution < -0.4 is 15.4 Å². The van der Waals surface area contributed by atoms with Crippen molar-refractivity contribution in [1.29, 1.82) is 0 Å². The van der Waals surface area contributed by atoms with Crippen molar-refractivity contribution in [2.24, 2.45) is 0 Å². The summed E-state index contributed by atoms with van der Waals surface area (Å²) in [7, 11) is 0. The number of rotatable bonds is 4. The molecule has 1 heterocycles. The van der Waals surface area contributed by atoms with Crippen molar-refractivity contribution < 1.29 is 18.3 Å². The van der Waals surface area contributed by atoms with E-state index in [0.717, 1.165) is 25.9 Å². The van der Waals surface area contributed by atoms with Gasteiger partial charge in [-0.2, -0.15) is 8.78 Å². The molecule has 1 aliphatic rings. The fraction of sp³-hybridized carbons (Fsp3) is 0.462. The first-order valence-corrected chi connectivity index (χ1v) is 6.22. The zero-order valence-corrected chi connectivity index (χ0v) is 11.6. The van der Waals surface area contributed by atoms with E-state index in [1.165, 1.54) is 12.1 Å². The molecule has 1 amide bonds. The standard InChI is InChI=1S/C13H16F2N2O2.ClH/c14-13(15)19-11-4-2-1-3-10(11)12(18)17-9-5-7-16-8-6-9;/h1-4,9,13,16H,5-8H2,(H,17,18);1H. The zero-order valence-electron chi connectivity index (χ0n) is 10.8. The molecule has 0 spiro atoms. The molecule has 2 N–H and O–H groups in total. The average molecular weight is 307 g/mol. The molecule has 4 nitrogen and oxygen atoms in total. The van der Waals surface area contributed by atoms with Crippen molar-refractivity contribution in [3.05, 3.63) is 29.8 Å². The van der Waals surface area contributed by atoms with Crippen LogP contribution in [0.25, 0.3) is 0 Å². The van der Waals surface area contributed by atoms with Crippen molar-refractivity contribution in [2.45, 2.75) is 25.5 Å². The van der Waals surface area contributed by atoms with Crippen molar-refractivity contribution >= 4 is 18.3 Å². The van der Waals surface area contributed by atoms with E-state index in [4.69, 9.17) is 0 Å².